The van der Waals surface area contributed by atoms with Crippen LogP contribution in [0.1, 0.15) is 31.4 Å². The number of amidine groups is 1. The molecule has 0 radical (unpaired) electrons. The van der Waals surface area contributed by atoms with Crippen LogP contribution in [0.25, 0.3) is 11.1 Å². The Kier molecular flexibility index (Phi) is 3.40. The first-order valence-corrected chi connectivity index (χ1v) is 8.62. The number of benzene rings is 2. The molecular weight excluding hydrogens is 320 g/mol. The first kappa shape index (κ1) is 15.5. The molecule has 0 bridgehead atoms. The van der Waals surface area contributed by atoms with Crippen LogP contribution in [-0.2, 0) is 16.7 Å². The van der Waals surface area contributed by atoms with Gasteiger partial charge in [0, 0.05) is 5.02 Å². The van der Waals surface area contributed by atoms with Crippen molar-refractivity contribution in [2.45, 2.75) is 32.2 Å². The summed E-state index contributed by atoms with van der Waals surface area (Å²) in [4.78, 5) is 4.71. The summed E-state index contributed by atoms with van der Waals surface area (Å²) < 4.78 is 5.57. The van der Waals surface area contributed by atoms with Gasteiger partial charge in [-0.1, -0.05) is 49.7 Å². The van der Waals surface area contributed by atoms with Gasteiger partial charge in [-0.15, -0.1) is 0 Å². The number of ether oxygens (including phenoxy) is 1. The van der Waals surface area contributed by atoms with Crippen LogP contribution < -0.4 is 5.73 Å². The lowest BCUT2D eigenvalue weighted by Crippen LogP contribution is -2.39. The molecule has 2 aliphatic rings. The highest BCUT2D eigenvalue weighted by Gasteiger charge is 2.47. The van der Waals surface area contributed by atoms with Gasteiger partial charge in [0.1, 0.15) is 12.1 Å². The van der Waals surface area contributed by atoms with Gasteiger partial charge >= 0.3 is 0 Å². The maximum atomic E-state index is 6.16. The van der Waals surface area contributed by atoms with Gasteiger partial charge in [-0.2, -0.15) is 0 Å². The van der Waals surface area contributed by atoms with Gasteiger partial charge in [0.15, 0.2) is 0 Å². The highest BCUT2D eigenvalue weighted by Crippen LogP contribution is 2.49. The lowest BCUT2D eigenvalue weighted by Gasteiger charge is -2.41. The first-order valence-electron chi connectivity index (χ1n) is 8.24. The summed E-state index contributed by atoms with van der Waals surface area (Å²) in [6.07, 6.45) is 1.97. The van der Waals surface area contributed by atoms with Crippen LogP contribution in [0.15, 0.2) is 47.5 Å². The number of nitrogens with zero attached hydrogens (tertiary/aromatic N) is 1. The number of halogens is 1. The minimum atomic E-state index is -0.365. The van der Waals surface area contributed by atoms with Crippen molar-refractivity contribution in [3.8, 4) is 11.1 Å². The summed E-state index contributed by atoms with van der Waals surface area (Å²) in [5, 5.41) is 0.743. The quantitative estimate of drug-likeness (QED) is 0.829. The Balaban J connectivity index is 1.87. The van der Waals surface area contributed by atoms with Gasteiger partial charge in [-0.25, -0.2) is 4.99 Å². The monoisotopic (exact) mass is 340 g/mol. The molecule has 0 saturated carbocycles. The molecule has 0 saturated heterocycles. The highest BCUT2D eigenvalue weighted by molar-refractivity contribution is 6.30. The molecule has 4 heteroatoms. The van der Waals surface area contributed by atoms with Crippen LogP contribution in [0.3, 0.4) is 0 Å². The average Bonchev–Trinajstić information content (AvgIpc) is 2.87. The molecule has 124 valence electrons. The van der Waals surface area contributed by atoms with Gasteiger partial charge < -0.3 is 10.5 Å². The second kappa shape index (κ2) is 5.25. The predicted molar refractivity (Wildman–Crippen MR) is 98.2 cm³/mol. The van der Waals surface area contributed by atoms with Crippen LogP contribution in [0.5, 0.6) is 0 Å². The van der Waals surface area contributed by atoms with Crippen LogP contribution in [0, 0.1) is 5.41 Å². The summed E-state index contributed by atoms with van der Waals surface area (Å²) in [6.45, 7) is 5.09. The van der Waals surface area contributed by atoms with Crippen molar-refractivity contribution in [1.29, 1.82) is 0 Å². The maximum Gasteiger partial charge on any atom is 0.283 e. The number of hydrogen-bond acceptors (Lipinski definition) is 3. The standard InChI is InChI=1S/C20H21ClN2O/c1-19(2)10-15-7-6-14(13-4-3-5-16(21)8-13)9-17(15)20(11-19)12-24-18(22)23-20/h3-9H,10-12H2,1-2H3,(H2,22,23). The molecule has 2 aromatic carbocycles. The van der Waals surface area contributed by atoms with E-state index in [-0.39, 0.29) is 11.0 Å². The fourth-order valence-electron chi connectivity index (χ4n) is 4.17. The second-order valence-corrected chi connectivity index (χ2v) is 8.11. The Bertz CT molecular complexity index is 843. The Morgan fingerprint density at radius 1 is 1.12 bits per heavy atom. The Hall–Kier alpha value is -2.00. The molecule has 1 aliphatic carbocycles. The van der Waals surface area contributed by atoms with E-state index in [1.54, 1.807) is 0 Å². The number of hydrogen-bond donors (Lipinski definition) is 1. The van der Waals surface area contributed by atoms with E-state index in [1.165, 1.54) is 11.1 Å². The van der Waals surface area contributed by atoms with E-state index >= 15 is 0 Å². The fraction of sp³-hybridized carbons (Fsp3) is 0.350. The van der Waals surface area contributed by atoms with E-state index in [9.17, 15) is 0 Å². The molecular formula is C20H21ClN2O. The van der Waals surface area contributed by atoms with Gasteiger partial charge in [-0.05, 0) is 58.7 Å². The van der Waals surface area contributed by atoms with Crippen molar-refractivity contribution >= 4 is 17.6 Å². The zero-order valence-corrected chi connectivity index (χ0v) is 14.7. The van der Waals surface area contributed by atoms with Crippen molar-refractivity contribution < 1.29 is 4.74 Å². The van der Waals surface area contributed by atoms with Crippen molar-refractivity contribution in [2.24, 2.45) is 16.1 Å². The molecule has 3 nitrogen and oxygen atoms in total. The van der Waals surface area contributed by atoms with Gasteiger partial charge in [0.2, 0.25) is 0 Å². The van der Waals surface area contributed by atoms with Crippen molar-refractivity contribution in [1.82, 2.24) is 0 Å². The van der Waals surface area contributed by atoms with Gasteiger partial charge in [-0.3, -0.25) is 0 Å². The minimum Gasteiger partial charge on any atom is -0.462 e. The topological polar surface area (TPSA) is 47.6 Å². The molecule has 1 spiro atoms. The van der Waals surface area contributed by atoms with Crippen LogP contribution in [-0.4, -0.2) is 12.6 Å². The van der Waals surface area contributed by atoms with Crippen molar-refractivity contribution in [3.05, 3.63) is 58.6 Å². The smallest absolute Gasteiger partial charge is 0.283 e. The first-order chi connectivity index (χ1) is 11.4. The Morgan fingerprint density at radius 2 is 1.92 bits per heavy atom. The summed E-state index contributed by atoms with van der Waals surface area (Å²) in [5.41, 5.74) is 10.5. The molecule has 4 rings (SSSR count). The lowest BCUT2D eigenvalue weighted by molar-refractivity contribution is 0.163. The Morgan fingerprint density at radius 3 is 2.62 bits per heavy atom. The third kappa shape index (κ3) is 2.57. The average molecular weight is 341 g/mol. The molecule has 1 unspecified atom stereocenters. The molecule has 2 aromatic rings. The summed E-state index contributed by atoms with van der Waals surface area (Å²) in [6, 6.07) is 14.9. The molecule has 24 heavy (non-hydrogen) atoms. The SMILES string of the molecule is CC1(C)Cc2ccc(-c3cccc(Cl)c3)cc2C2(COC(N)=N2)C1. The zero-order chi connectivity index (χ0) is 16.9. The van der Waals surface area contributed by atoms with E-state index in [0.29, 0.717) is 12.6 Å². The van der Waals surface area contributed by atoms with E-state index in [0.717, 1.165) is 29.0 Å². The summed E-state index contributed by atoms with van der Waals surface area (Å²) in [5.74, 6) is 0. The van der Waals surface area contributed by atoms with E-state index in [1.807, 2.05) is 18.2 Å². The molecule has 1 heterocycles. The third-order valence-electron chi connectivity index (χ3n) is 4.99. The number of fused-ring (bicyclic) bond motifs is 2. The Labute approximate surface area is 147 Å². The summed E-state index contributed by atoms with van der Waals surface area (Å²) >= 11 is 6.16. The zero-order valence-electron chi connectivity index (χ0n) is 14.0. The normalized spacial score (nSPS) is 24.4. The largest absolute Gasteiger partial charge is 0.462 e. The molecule has 1 atom stereocenters. The van der Waals surface area contributed by atoms with E-state index in [4.69, 9.17) is 27.1 Å². The molecule has 1 aliphatic heterocycles. The lowest BCUT2D eigenvalue weighted by atomic mass is 9.65. The third-order valence-corrected chi connectivity index (χ3v) is 5.23. The molecule has 0 fully saturated rings. The summed E-state index contributed by atoms with van der Waals surface area (Å²) in [7, 11) is 0. The number of aliphatic imine (C=N–C) groups is 1. The molecule has 2 N–H and O–H groups in total. The highest BCUT2D eigenvalue weighted by atomic mass is 35.5. The fourth-order valence-corrected chi connectivity index (χ4v) is 4.36. The van der Waals surface area contributed by atoms with Crippen LogP contribution >= 0.6 is 11.6 Å². The van der Waals surface area contributed by atoms with Gasteiger partial charge in [0.25, 0.3) is 6.02 Å². The van der Waals surface area contributed by atoms with Crippen LogP contribution in [0.4, 0.5) is 0 Å². The molecule has 0 amide bonds. The second-order valence-electron chi connectivity index (χ2n) is 7.67. The maximum absolute atomic E-state index is 6.16. The van der Waals surface area contributed by atoms with Crippen LogP contribution in [0.2, 0.25) is 5.02 Å². The van der Waals surface area contributed by atoms with Gasteiger partial charge in [0.05, 0.1) is 0 Å². The predicted octanol–water partition coefficient (Wildman–Crippen LogP) is 4.52. The van der Waals surface area contributed by atoms with E-state index < -0.39 is 0 Å². The van der Waals surface area contributed by atoms with Crippen molar-refractivity contribution in [2.75, 3.05) is 6.61 Å². The molecule has 0 aromatic heterocycles. The van der Waals surface area contributed by atoms with Crippen molar-refractivity contribution in [3.63, 3.8) is 0 Å². The number of rotatable bonds is 1. The number of nitrogens with two attached hydrogens (primary N) is 1. The van der Waals surface area contributed by atoms with E-state index in [2.05, 4.69) is 38.1 Å². The minimum absolute atomic E-state index is 0.169.